The van der Waals surface area contributed by atoms with Gasteiger partial charge in [-0.15, -0.1) is 0 Å². The molecule has 0 spiro atoms. The number of hydrogen-bond acceptors (Lipinski definition) is 2. The van der Waals surface area contributed by atoms with Crippen molar-refractivity contribution in [2.24, 2.45) is 5.92 Å². The molecule has 19 heavy (non-hydrogen) atoms. The molecule has 2 unspecified atom stereocenters. The van der Waals surface area contributed by atoms with Crippen LogP contribution in [0, 0.1) is 11.7 Å². The SMILES string of the molecule is CN(Cc1cccc(F)c1)CC1CCCCCC1O. The maximum Gasteiger partial charge on any atom is 0.123 e. The van der Waals surface area contributed by atoms with Gasteiger partial charge in [-0.25, -0.2) is 4.39 Å². The predicted octanol–water partition coefficient (Wildman–Crippen LogP) is 3.20. The second kappa shape index (κ2) is 7.01. The summed E-state index contributed by atoms with van der Waals surface area (Å²) < 4.78 is 13.1. The lowest BCUT2D eigenvalue weighted by molar-refractivity contribution is 0.0780. The van der Waals surface area contributed by atoms with Crippen LogP contribution in [-0.4, -0.2) is 29.7 Å². The summed E-state index contributed by atoms with van der Waals surface area (Å²) in [5, 5.41) is 10.1. The highest BCUT2D eigenvalue weighted by molar-refractivity contribution is 5.16. The molecule has 1 saturated carbocycles. The Balaban J connectivity index is 1.87. The zero-order chi connectivity index (χ0) is 13.7. The number of benzene rings is 1. The van der Waals surface area contributed by atoms with Crippen molar-refractivity contribution in [1.82, 2.24) is 4.90 Å². The van der Waals surface area contributed by atoms with Crippen LogP contribution in [0.3, 0.4) is 0 Å². The molecule has 0 saturated heterocycles. The predicted molar refractivity (Wildman–Crippen MR) is 75.3 cm³/mol. The van der Waals surface area contributed by atoms with Gasteiger partial charge in [0.25, 0.3) is 0 Å². The van der Waals surface area contributed by atoms with Crippen molar-refractivity contribution >= 4 is 0 Å². The third-order valence-corrected chi connectivity index (χ3v) is 4.01. The quantitative estimate of drug-likeness (QED) is 0.845. The number of aliphatic hydroxyl groups is 1. The lowest BCUT2D eigenvalue weighted by Crippen LogP contribution is -2.32. The molecular weight excluding hydrogens is 241 g/mol. The molecule has 0 aliphatic heterocycles. The molecule has 0 heterocycles. The molecule has 0 bridgehead atoms. The highest BCUT2D eigenvalue weighted by Gasteiger charge is 2.22. The van der Waals surface area contributed by atoms with E-state index in [-0.39, 0.29) is 11.9 Å². The molecule has 106 valence electrons. The molecule has 1 aliphatic rings. The highest BCUT2D eigenvalue weighted by Crippen LogP contribution is 2.24. The molecular formula is C16H24FNO. The third kappa shape index (κ3) is 4.59. The van der Waals surface area contributed by atoms with E-state index in [0.717, 1.165) is 37.9 Å². The Morgan fingerprint density at radius 2 is 2.05 bits per heavy atom. The Morgan fingerprint density at radius 1 is 1.26 bits per heavy atom. The Hall–Kier alpha value is -0.930. The second-order valence-electron chi connectivity index (χ2n) is 5.79. The average molecular weight is 265 g/mol. The number of aliphatic hydroxyl groups excluding tert-OH is 1. The normalized spacial score (nSPS) is 24.4. The highest BCUT2D eigenvalue weighted by atomic mass is 19.1. The fraction of sp³-hybridized carbons (Fsp3) is 0.625. The molecule has 1 aliphatic carbocycles. The van der Waals surface area contributed by atoms with Crippen LogP contribution in [0.2, 0.25) is 0 Å². The van der Waals surface area contributed by atoms with Crippen LogP contribution < -0.4 is 0 Å². The molecule has 1 aromatic carbocycles. The summed E-state index contributed by atoms with van der Waals surface area (Å²) in [5.74, 6) is 0.182. The van der Waals surface area contributed by atoms with E-state index >= 15 is 0 Å². The molecule has 0 aromatic heterocycles. The van der Waals surface area contributed by atoms with Gasteiger partial charge >= 0.3 is 0 Å². The van der Waals surface area contributed by atoms with Crippen molar-refractivity contribution in [2.45, 2.75) is 44.8 Å². The van der Waals surface area contributed by atoms with Crippen molar-refractivity contribution in [2.75, 3.05) is 13.6 Å². The maximum atomic E-state index is 13.1. The number of rotatable bonds is 4. The Bertz CT molecular complexity index is 396. The van der Waals surface area contributed by atoms with Gasteiger partial charge in [-0.3, -0.25) is 0 Å². The lowest BCUT2D eigenvalue weighted by atomic mass is 9.96. The fourth-order valence-corrected chi connectivity index (χ4v) is 2.99. The van der Waals surface area contributed by atoms with Gasteiger partial charge in [-0.1, -0.05) is 31.4 Å². The van der Waals surface area contributed by atoms with Crippen molar-refractivity contribution in [3.63, 3.8) is 0 Å². The largest absolute Gasteiger partial charge is 0.393 e. The van der Waals surface area contributed by atoms with Crippen LogP contribution in [0.15, 0.2) is 24.3 Å². The van der Waals surface area contributed by atoms with Crippen molar-refractivity contribution in [1.29, 1.82) is 0 Å². The van der Waals surface area contributed by atoms with Gasteiger partial charge in [0, 0.05) is 13.1 Å². The molecule has 1 aromatic rings. The first-order valence-electron chi connectivity index (χ1n) is 7.26. The minimum absolute atomic E-state index is 0.169. The minimum Gasteiger partial charge on any atom is -0.393 e. The van der Waals surface area contributed by atoms with Gasteiger partial charge in [0.1, 0.15) is 5.82 Å². The van der Waals surface area contributed by atoms with Crippen molar-refractivity contribution < 1.29 is 9.50 Å². The summed E-state index contributed by atoms with van der Waals surface area (Å²) in [7, 11) is 2.04. The molecule has 2 nitrogen and oxygen atoms in total. The monoisotopic (exact) mass is 265 g/mol. The van der Waals surface area contributed by atoms with Crippen molar-refractivity contribution in [3.05, 3.63) is 35.6 Å². The smallest absolute Gasteiger partial charge is 0.123 e. The fourth-order valence-electron chi connectivity index (χ4n) is 2.99. The first-order chi connectivity index (χ1) is 9.15. The maximum absolute atomic E-state index is 13.1. The number of hydrogen-bond donors (Lipinski definition) is 1. The van der Waals surface area contributed by atoms with E-state index in [1.54, 1.807) is 12.1 Å². The molecule has 1 fully saturated rings. The summed E-state index contributed by atoms with van der Waals surface area (Å²) in [6.07, 6.45) is 5.47. The second-order valence-corrected chi connectivity index (χ2v) is 5.79. The Kier molecular flexibility index (Phi) is 5.34. The van der Waals surface area contributed by atoms with Gasteiger partial charge in [0.2, 0.25) is 0 Å². The Labute approximate surface area is 115 Å². The summed E-state index contributed by atoms with van der Waals surface area (Å²) in [6.45, 7) is 1.62. The van der Waals surface area contributed by atoms with Crippen LogP contribution in [0.5, 0.6) is 0 Å². The number of nitrogens with zero attached hydrogens (tertiary/aromatic N) is 1. The van der Waals surface area contributed by atoms with E-state index in [9.17, 15) is 9.50 Å². The summed E-state index contributed by atoms with van der Waals surface area (Å²) in [5.41, 5.74) is 0.991. The summed E-state index contributed by atoms with van der Waals surface area (Å²) >= 11 is 0. The van der Waals surface area contributed by atoms with Crippen LogP contribution >= 0.6 is 0 Å². The Morgan fingerprint density at radius 3 is 2.84 bits per heavy atom. The van der Waals surface area contributed by atoms with Gasteiger partial charge in [0.15, 0.2) is 0 Å². The van der Waals surface area contributed by atoms with Crippen molar-refractivity contribution in [3.8, 4) is 0 Å². The summed E-state index contributed by atoms with van der Waals surface area (Å²) in [4.78, 5) is 2.19. The van der Waals surface area contributed by atoms with E-state index in [1.165, 1.54) is 18.9 Å². The van der Waals surface area contributed by atoms with E-state index < -0.39 is 0 Å². The molecule has 0 radical (unpaired) electrons. The zero-order valence-electron chi connectivity index (χ0n) is 11.7. The first kappa shape index (κ1) is 14.5. The van der Waals surface area contributed by atoms with Crippen LogP contribution in [0.4, 0.5) is 4.39 Å². The third-order valence-electron chi connectivity index (χ3n) is 4.01. The zero-order valence-corrected chi connectivity index (χ0v) is 11.7. The van der Waals surface area contributed by atoms with Gasteiger partial charge < -0.3 is 10.0 Å². The molecule has 2 rings (SSSR count). The molecule has 1 N–H and O–H groups in total. The van der Waals surface area contributed by atoms with Gasteiger partial charge in [-0.2, -0.15) is 0 Å². The average Bonchev–Trinajstić information content (AvgIpc) is 2.55. The minimum atomic E-state index is -0.180. The van der Waals surface area contributed by atoms with E-state index in [1.807, 2.05) is 13.1 Å². The number of halogens is 1. The summed E-state index contributed by atoms with van der Waals surface area (Å²) in [6, 6.07) is 6.75. The molecule has 0 amide bonds. The lowest BCUT2D eigenvalue weighted by Gasteiger charge is -2.26. The first-order valence-corrected chi connectivity index (χ1v) is 7.26. The topological polar surface area (TPSA) is 23.5 Å². The van der Waals surface area contributed by atoms with E-state index in [4.69, 9.17) is 0 Å². The van der Waals surface area contributed by atoms with Gasteiger partial charge in [0.05, 0.1) is 6.10 Å². The molecule has 2 atom stereocenters. The standard InChI is InChI=1S/C16H24FNO/c1-18(11-13-6-5-8-15(17)10-13)12-14-7-3-2-4-9-16(14)19/h5-6,8,10,14,16,19H,2-4,7,9,11-12H2,1H3. The molecule has 3 heteroatoms. The van der Waals surface area contributed by atoms with Crippen LogP contribution in [0.25, 0.3) is 0 Å². The van der Waals surface area contributed by atoms with E-state index in [2.05, 4.69) is 4.90 Å². The van der Waals surface area contributed by atoms with E-state index in [0.29, 0.717) is 5.92 Å². The van der Waals surface area contributed by atoms with Crippen LogP contribution in [-0.2, 0) is 6.54 Å². The van der Waals surface area contributed by atoms with Gasteiger partial charge in [-0.05, 0) is 43.5 Å². The van der Waals surface area contributed by atoms with Crippen LogP contribution in [0.1, 0.15) is 37.7 Å².